The molecule has 3 rings (SSSR count). The minimum atomic E-state index is -0.430. The first-order valence-electron chi connectivity index (χ1n) is 4.44. The molecule has 0 aliphatic heterocycles. The molecule has 0 aromatic heterocycles. The van der Waals surface area contributed by atoms with Crippen molar-refractivity contribution in [3.05, 3.63) is 12.2 Å². The van der Waals surface area contributed by atoms with Gasteiger partial charge in [0, 0.05) is 5.41 Å². The van der Waals surface area contributed by atoms with E-state index in [4.69, 9.17) is 0 Å². The van der Waals surface area contributed by atoms with E-state index >= 15 is 0 Å². The van der Waals surface area contributed by atoms with Crippen LogP contribution in [0, 0.1) is 17.3 Å². The lowest BCUT2D eigenvalue weighted by molar-refractivity contribution is -0.142. The second-order valence-corrected chi connectivity index (χ2v) is 4.41. The number of carbonyl (C=O) groups is 1. The average Bonchev–Trinajstić information content (AvgIpc) is 2.00. The van der Waals surface area contributed by atoms with E-state index in [2.05, 4.69) is 6.08 Å². The van der Waals surface area contributed by atoms with Crippen molar-refractivity contribution in [1.29, 1.82) is 0 Å². The maximum absolute atomic E-state index is 11.7. The number of carbonyl (C=O) groups excluding carboxylic acids is 1. The molecule has 66 valence electrons. The van der Waals surface area contributed by atoms with Gasteiger partial charge < -0.3 is 5.11 Å². The molecule has 2 bridgehead atoms. The Labute approximate surface area is 72.3 Å². The maximum atomic E-state index is 11.7. The zero-order valence-corrected chi connectivity index (χ0v) is 7.45. The van der Waals surface area contributed by atoms with E-state index in [-0.39, 0.29) is 23.0 Å². The molecule has 0 heterocycles. The lowest BCUT2D eigenvalue weighted by Crippen LogP contribution is -2.50. The van der Waals surface area contributed by atoms with Crippen LogP contribution in [0.15, 0.2) is 12.2 Å². The lowest BCUT2D eigenvalue weighted by atomic mass is 9.59. The van der Waals surface area contributed by atoms with Gasteiger partial charge >= 0.3 is 0 Å². The second kappa shape index (κ2) is 2.19. The Balaban J connectivity index is 2.42. The average molecular weight is 166 g/mol. The van der Waals surface area contributed by atoms with Gasteiger partial charge in [-0.05, 0) is 12.3 Å². The molecule has 2 nitrogen and oxygen atoms in total. The topological polar surface area (TPSA) is 37.3 Å². The summed E-state index contributed by atoms with van der Waals surface area (Å²) in [5, 5.41) is 9.53. The highest BCUT2D eigenvalue weighted by atomic mass is 16.3. The van der Waals surface area contributed by atoms with Crippen LogP contribution in [0.3, 0.4) is 0 Å². The molecule has 0 aromatic carbocycles. The maximum Gasteiger partial charge on any atom is 0.148 e. The van der Waals surface area contributed by atoms with Crippen LogP contribution in [-0.4, -0.2) is 17.0 Å². The second-order valence-electron chi connectivity index (χ2n) is 4.41. The van der Waals surface area contributed by atoms with Crippen molar-refractivity contribution in [2.75, 3.05) is 0 Å². The standard InChI is InChI=1S/C10H14O2/c1-10(2)6-3-4-7(9(10)12)8(11)5-6/h3-4,6-8,11H,5H2,1-2H3. The SMILES string of the molecule is CC1(C)C(=O)C2C=CC1CC2O. The first-order valence-corrected chi connectivity index (χ1v) is 4.44. The van der Waals surface area contributed by atoms with Crippen molar-refractivity contribution in [2.24, 2.45) is 17.3 Å². The van der Waals surface area contributed by atoms with Gasteiger partial charge in [-0.15, -0.1) is 0 Å². The molecular formula is C10H14O2. The van der Waals surface area contributed by atoms with Crippen LogP contribution in [-0.2, 0) is 4.79 Å². The number of allylic oxidation sites excluding steroid dienone is 1. The van der Waals surface area contributed by atoms with Crippen LogP contribution in [0.4, 0.5) is 0 Å². The highest BCUT2D eigenvalue weighted by Crippen LogP contribution is 2.45. The fourth-order valence-electron chi connectivity index (χ4n) is 2.28. The van der Waals surface area contributed by atoms with E-state index in [0.717, 1.165) is 6.42 Å². The van der Waals surface area contributed by atoms with E-state index in [1.807, 2.05) is 19.9 Å². The summed E-state index contributed by atoms with van der Waals surface area (Å²) < 4.78 is 0. The highest BCUT2D eigenvalue weighted by Gasteiger charge is 2.49. The quantitative estimate of drug-likeness (QED) is 0.548. The smallest absolute Gasteiger partial charge is 0.148 e. The summed E-state index contributed by atoms with van der Waals surface area (Å²) in [6, 6.07) is 0. The van der Waals surface area contributed by atoms with Gasteiger partial charge in [0.15, 0.2) is 0 Å². The Morgan fingerprint density at radius 3 is 2.58 bits per heavy atom. The molecule has 0 amide bonds. The van der Waals surface area contributed by atoms with Crippen molar-refractivity contribution in [1.82, 2.24) is 0 Å². The van der Waals surface area contributed by atoms with E-state index in [0.29, 0.717) is 0 Å². The normalized spacial score (nSPS) is 43.6. The minimum absolute atomic E-state index is 0.203. The fourth-order valence-corrected chi connectivity index (χ4v) is 2.28. The molecule has 3 aliphatic rings. The fraction of sp³-hybridized carbons (Fsp3) is 0.700. The summed E-state index contributed by atoms with van der Waals surface area (Å²) in [5.41, 5.74) is -0.251. The minimum Gasteiger partial charge on any atom is -0.392 e. The van der Waals surface area contributed by atoms with Crippen LogP contribution < -0.4 is 0 Å². The first-order chi connectivity index (χ1) is 5.53. The predicted molar refractivity (Wildman–Crippen MR) is 45.5 cm³/mol. The van der Waals surface area contributed by atoms with Gasteiger partial charge in [0.2, 0.25) is 0 Å². The van der Waals surface area contributed by atoms with E-state index in [9.17, 15) is 9.90 Å². The monoisotopic (exact) mass is 166 g/mol. The van der Waals surface area contributed by atoms with E-state index in [1.54, 1.807) is 0 Å². The Kier molecular flexibility index (Phi) is 1.46. The van der Waals surface area contributed by atoms with E-state index in [1.165, 1.54) is 0 Å². The summed E-state index contributed by atoms with van der Waals surface area (Å²) >= 11 is 0. The van der Waals surface area contributed by atoms with Gasteiger partial charge in [0.25, 0.3) is 0 Å². The van der Waals surface area contributed by atoms with Crippen LogP contribution in [0.1, 0.15) is 20.3 Å². The molecule has 1 N–H and O–H groups in total. The molecule has 12 heavy (non-hydrogen) atoms. The van der Waals surface area contributed by atoms with Gasteiger partial charge in [-0.3, -0.25) is 4.79 Å². The summed E-state index contributed by atoms with van der Waals surface area (Å²) in [4.78, 5) is 11.7. The number of Topliss-reactive ketones (excluding diaryl/α,β-unsaturated/α-hetero) is 1. The number of fused-ring (bicyclic) bond motifs is 2. The van der Waals surface area contributed by atoms with E-state index < -0.39 is 6.10 Å². The Bertz CT molecular complexity index is 253. The summed E-state index contributed by atoms with van der Waals surface area (Å²) in [6.07, 6.45) is 4.27. The number of ketones is 1. The molecule has 1 saturated carbocycles. The summed E-state index contributed by atoms with van der Waals surface area (Å²) in [7, 11) is 0. The van der Waals surface area contributed by atoms with Crippen molar-refractivity contribution in [3.63, 3.8) is 0 Å². The predicted octanol–water partition coefficient (Wildman–Crippen LogP) is 1.15. The molecule has 0 aromatic rings. The number of aliphatic hydroxyl groups excluding tert-OH is 1. The third-order valence-electron chi connectivity index (χ3n) is 3.33. The number of rotatable bonds is 0. The van der Waals surface area contributed by atoms with Crippen LogP contribution in [0.5, 0.6) is 0 Å². The lowest BCUT2D eigenvalue weighted by Gasteiger charge is -2.45. The van der Waals surface area contributed by atoms with Crippen LogP contribution >= 0.6 is 0 Å². The third kappa shape index (κ3) is 0.816. The highest BCUT2D eigenvalue weighted by molar-refractivity contribution is 5.91. The van der Waals surface area contributed by atoms with Gasteiger partial charge in [-0.1, -0.05) is 26.0 Å². The Hall–Kier alpha value is -0.630. The van der Waals surface area contributed by atoms with Crippen molar-refractivity contribution in [2.45, 2.75) is 26.4 Å². The third-order valence-corrected chi connectivity index (χ3v) is 3.33. The summed E-state index contributed by atoms with van der Waals surface area (Å²) in [5.74, 6) is 0.212. The molecule has 0 radical (unpaired) electrons. The van der Waals surface area contributed by atoms with Crippen molar-refractivity contribution in [3.8, 4) is 0 Å². The molecular weight excluding hydrogens is 152 g/mol. The number of hydrogen-bond acceptors (Lipinski definition) is 2. The zero-order valence-electron chi connectivity index (χ0n) is 7.45. The zero-order chi connectivity index (χ0) is 8.93. The molecule has 1 fully saturated rings. The number of hydrogen-bond donors (Lipinski definition) is 1. The molecule has 0 spiro atoms. The van der Waals surface area contributed by atoms with Gasteiger partial charge in [0.1, 0.15) is 5.78 Å². The van der Waals surface area contributed by atoms with Gasteiger partial charge in [-0.25, -0.2) is 0 Å². The summed E-state index contributed by atoms with van der Waals surface area (Å²) in [6.45, 7) is 3.95. The molecule has 2 heteroatoms. The number of aliphatic hydroxyl groups is 1. The largest absolute Gasteiger partial charge is 0.392 e. The van der Waals surface area contributed by atoms with Crippen molar-refractivity contribution >= 4 is 5.78 Å². The van der Waals surface area contributed by atoms with Crippen LogP contribution in [0.2, 0.25) is 0 Å². The molecule has 0 saturated heterocycles. The molecule has 3 atom stereocenters. The first kappa shape index (κ1) is 7.99. The molecule has 3 unspecified atom stereocenters. The van der Waals surface area contributed by atoms with Gasteiger partial charge in [-0.2, -0.15) is 0 Å². The molecule has 3 aliphatic carbocycles. The van der Waals surface area contributed by atoms with Gasteiger partial charge in [0.05, 0.1) is 12.0 Å². The van der Waals surface area contributed by atoms with Crippen molar-refractivity contribution < 1.29 is 9.90 Å². The Morgan fingerprint density at radius 2 is 2.17 bits per heavy atom. The Morgan fingerprint density at radius 1 is 1.50 bits per heavy atom. The van der Waals surface area contributed by atoms with Crippen LogP contribution in [0.25, 0.3) is 0 Å².